The number of aromatic nitrogens is 1. The third kappa shape index (κ3) is 4.08. The number of fused-ring (bicyclic) bond motifs is 1. The first-order chi connectivity index (χ1) is 16.1. The van der Waals surface area contributed by atoms with E-state index in [0.717, 1.165) is 23.5 Å². The fourth-order valence-electron chi connectivity index (χ4n) is 5.87. The zero-order valence-corrected chi connectivity index (χ0v) is 20.5. The van der Waals surface area contributed by atoms with Gasteiger partial charge in [-0.15, -0.1) is 0 Å². The molecule has 2 aliphatic rings. The molecule has 3 heterocycles. The van der Waals surface area contributed by atoms with Crippen LogP contribution in [0.5, 0.6) is 11.5 Å². The maximum absolute atomic E-state index is 5.55. The Morgan fingerprint density at radius 2 is 1.58 bits per heavy atom. The fraction of sp³-hybridized carbons (Fsp3) is 0.500. The fourth-order valence-corrected chi connectivity index (χ4v) is 5.87. The van der Waals surface area contributed by atoms with E-state index < -0.39 is 0 Å². The number of hydrogen-bond acceptors (Lipinski definition) is 4. The molecule has 0 atom stereocenters. The van der Waals surface area contributed by atoms with E-state index in [0.29, 0.717) is 5.41 Å². The Kier molecular flexibility index (Phi) is 6.00. The summed E-state index contributed by atoms with van der Waals surface area (Å²) in [6.45, 7) is 7.10. The number of H-pyrrole nitrogens is 1. The minimum absolute atomic E-state index is 0.580. The summed E-state index contributed by atoms with van der Waals surface area (Å²) < 4.78 is 11.0. The number of nitrogens with zero attached hydrogens (tertiary/aromatic N) is 2. The van der Waals surface area contributed by atoms with Crippen LogP contribution in [0.15, 0.2) is 36.4 Å². The number of anilines is 1. The molecule has 0 bridgehead atoms. The van der Waals surface area contributed by atoms with E-state index in [2.05, 4.69) is 59.1 Å². The molecule has 1 aromatic heterocycles. The van der Waals surface area contributed by atoms with Gasteiger partial charge in [-0.1, -0.05) is 6.92 Å². The van der Waals surface area contributed by atoms with Gasteiger partial charge >= 0.3 is 0 Å². The number of rotatable bonds is 5. The summed E-state index contributed by atoms with van der Waals surface area (Å²) in [6, 6.07) is 13.1. The number of nitrogens with one attached hydrogen (secondary N) is 1. The smallest absolute Gasteiger partial charge is 0.161 e. The highest BCUT2D eigenvalue weighted by Crippen LogP contribution is 2.43. The van der Waals surface area contributed by atoms with Crippen LogP contribution >= 0.6 is 0 Å². The monoisotopic (exact) mass is 447 g/mol. The minimum Gasteiger partial charge on any atom is -0.493 e. The van der Waals surface area contributed by atoms with E-state index in [1.165, 1.54) is 79.7 Å². The number of piperidine rings is 2. The van der Waals surface area contributed by atoms with Crippen LogP contribution in [0.3, 0.4) is 0 Å². The Labute approximate surface area is 197 Å². The lowest BCUT2D eigenvalue weighted by atomic mass is 9.71. The average molecular weight is 448 g/mol. The van der Waals surface area contributed by atoms with Crippen LogP contribution in [-0.4, -0.2) is 57.3 Å². The number of methoxy groups -OCH3 is 2. The van der Waals surface area contributed by atoms with Crippen LogP contribution in [0.4, 0.5) is 5.69 Å². The highest BCUT2D eigenvalue weighted by atomic mass is 16.5. The van der Waals surface area contributed by atoms with Crippen LogP contribution in [0.2, 0.25) is 0 Å². The molecule has 2 fully saturated rings. The molecule has 1 N–H and O–H groups in total. The van der Waals surface area contributed by atoms with Crippen molar-refractivity contribution in [1.82, 2.24) is 9.88 Å². The Hall–Kier alpha value is -2.66. The molecule has 3 aromatic rings. The van der Waals surface area contributed by atoms with Gasteiger partial charge in [0.1, 0.15) is 0 Å². The molecule has 5 rings (SSSR count). The number of aryl methyl sites for hydroxylation is 1. The maximum Gasteiger partial charge on any atom is 0.161 e. The van der Waals surface area contributed by atoms with Gasteiger partial charge in [0.25, 0.3) is 0 Å². The molecule has 1 spiro atoms. The van der Waals surface area contributed by atoms with E-state index >= 15 is 0 Å². The SMILES string of the molecule is CCc1c(-c2ccc(OC)c(OC)c2)[nH]c2ccc(N3CCC4(CCN(C)CC4)CC3)cc12. The Bertz CT molecular complexity index is 1120. The van der Waals surface area contributed by atoms with Gasteiger partial charge < -0.3 is 24.3 Å². The number of likely N-dealkylation sites (tertiary alicyclic amines) is 1. The summed E-state index contributed by atoms with van der Waals surface area (Å²) in [5.74, 6) is 1.51. The van der Waals surface area contributed by atoms with Crippen molar-refractivity contribution in [2.75, 3.05) is 52.3 Å². The summed E-state index contributed by atoms with van der Waals surface area (Å²) in [7, 11) is 5.62. The normalized spacial score (nSPS) is 18.7. The molecule has 0 aliphatic carbocycles. The van der Waals surface area contributed by atoms with Gasteiger partial charge in [0.05, 0.1) is 14.2 Å². The second kappa shape index (κ2) is 8.94. The van der Waals surface area contributed by atoms with Crippen molar-refractivity contribution >= 4 is 16.6 Å². The third-order valence-electron chi connectivity index (χ3n) is 8.15. The average Bonchev–Trinajstić information content (AvgIpc) is 3.24. The maximum atomic E-state index is 5.55. The number of hydrogen-bond donors (Lipinski definition) is 1. The van der Waals surface area contributed by atoms with E-state index in [1.54, 1.807) is 14.2 Å². The molecule has 176 valence electrons. The molecule has 2 saturated heterocycles. The van der Waals surface area contributed by atoms with Gasteiger partial charge in [-0.05, 0) is 99.6 Å². The molecule has 33 heavy (non-hydrogen) atoms. The molecule has 0 unspecified atom stereocenters. The quantitative estimate of drug-likeness (QED) is 0.543. The standard InChI is InChI=1S/C28H37N3O2/c1-5-22-23-19-21(31-16-12-28(13-17-31)10-14-30(2)15-11-28)7-8-24(23)29-27(22)20-6-9-25(32-3)26(18-20)33-4/h6-9,18-19,29H,5,10-17H2,1-4H3. The predicted octanol–water partition coefficient (Wildman–Crippen LogP) is 5.73. The topological polar surface area (TPSA) is 40.7 Å². The summed E-state index contributed by atoms with van der Waals surface area (Å²) >= 11 is 0. The third-order valence-corrected chi connectivity index (χ3v) is 8.15. The van der Waals surface area contributed by atoms with Crippen LogP contribution in [0, 0.1) is 5.41 Å². The van der Waals surface area contributed by atoms with Crippen LogP contribution in [0.1, 0.15) is 38.2 Å². The minimum atomic E-state index is 0.580. The summed E-state index contributed by atoms with van der Waals surface area (Å²) in [6.07, 6.45) is 6.35. The van der Waals surface area contributed by atoms with E-state index in [1.807, 2.05) is 6.07 Å². The molecule has 0 amide bonds. The van der Waals surface area contributed by atoms with Crippen molar-refractivity contribution in [2.24, 2.45) is 5.41 Å². The van der Waals surface area contributed by atoms with Crippen molar-refractivity contribution in [3.63, 3.8) is 0 Å². The Morgan fingerprint density at radius 3 is 2.24 bits per heavy atom. The van der Waals surface area contributed by atoms with Crippen molar-refractivity contribution in [3.8, 4) is 22.8 Å². The molecule has 5 heteroatoms. The van der Waals surface area contributed by atoms with Crippen molar-refractivity contribution in [1.29, 1.82) is 0 Å². The molecule has 2 aliphatic heterocycles. The second-order valence-corrected chi connectivity index (χ2v) is 9.92. The number of ether oxygens (including phenoxy) is 2. The molecule has 0 radical (unpaired) electrons. The summed E-state index contributed by atoms with van der Waals surface area (Å²) in [5.41, 5.74) is 6.81. The Morgan fingerprint density at radius 1 is 0.879 bits per heavy atom. The van der Waals surface area contributed by atoms with Gasteiger partial charge in [-0.3, -0.25) is 0 Å². The largest absolute Gasteiger partial charge is 0.493 e. The van der Waals surface area contributed by atoms with Gasteiger partial charge in [0, 0.05) is 40.9 Å². The lowest BCUT2D eigenvalue weighted by Gasteiger charge is -2.46. The lowest BCUT2D eigenvalue weighted by Crippen LogP contribution is -2.46. The first-order valence-corrected chi connectivity index (χ1v) is 12.4. The Balaban J connectivity index is 1.42. The van der Waals surface area contributed by atoms with E-state index in [4.69, 9.17) is 9.47 Å². The second-order valence-electron chi connectivity index (χ2n) is 9.92. The van der Waals surface area contributed by atoms with Crippen LogP contribution in [0.25, 0.3) is 22.2 Å². The zero-order chi connectivity index (χ0) is 23.0. The van der Waals surface area contributed by atoms with Crippen molar-refractivity contribution < 1.29 is 9.47 Å². The summed E-state index contributed by atoms with van der Waals surface area (Å²) in [4.78, 5) is 8.77. The predicted molar refractivity (Wildman–Crippen MR) is 137 cm³/mol. The zero-order valence-electron chi connectivity index (χ0n) is 20.5. The molecule has 5 nitrogen and oxygen atoms in total. The first kappa shape index (κ1) is 22.1. The van der Waals surface area contributed by atoms with Gasteiger partial charge in [-0.25, -0.2) is 0 Å². The van der Waals surface area contributed by atoms with Gasteiger partial charge in [0.2, 0.25) is 0 Å². The van der Waals surface area contributed by atoms with Crippen LogP contribution < -0.4 is 14.4 Å². The highest BCUT2D eigenvalue weighted by molar-refractivity contribution is 5.93. The highest BCUT2D eigenvalue weighted by Gasteiger charge is 2.36. The number of benzene rings is 2. The summed E-state index contributed by atoms with van der Waals surface area (Å²) in [5, 5.41) is 1.33. The van der Waals surface area contributed by atoms with Crippen molar-refractivity contribution in [2.45, 2.75) is 39.0 Å². The van der Waals surface area contributed by atoms with Crippen molar-refractivity contribution in [3.05, 3.63) is 42.0 Å². The molecule has 2 aromatic carbocycles. The molecular weight excluding hydrogens is 410 g/mol. The van der Waals surface area contributed by atoms with Crippen LogP contribution in [-0.2, 0) is 6.42 Å². The van der Waals surface area contributed by atoms with Gasteiger partial charge in [0.15, 0.2) is 11.5 Å². The van der Waals surface area contributed by atoms with Gasteiger partial charge in [-0.2, -0.15) is 0 Å². The van der Waals surface area contributed by atoms with E-state index in [-0.39, 0.29) is 0 Å². The first-order valence-electron chi connectivity index (χ1n) is 12.4. The number of aromatic amines is 1. The lowest BCUT2D eigenvalue weighted by molar-refractivity contribution is 0.0945. The van der Waals surface area contributed by atoms with E-state index in [9.17, 15) is 0 Å². The molecular formula is C28H37N3O2. The molecule has 0 saturated carbocycles.